The van der Waals surface area contributed by atoms with E-state index < -0.39 is 4.92 Å². The first-order chi connectivity index (χ1) is 12.0. The maximum Gasteiger partial charge on any atom is 0.319 e. The predicted molar refractivity (Wildman–Crippen MR) is 97.6 cm³/mol. The molecule has 6 heteroatoms. The lowest BCUT2D eigenvalue weighted by atomic mass is 10.1. The van der Waals surface area contributed by atoms with Crippen molar-refractivity contribution in [3.8, 4) is 0 Å². The fourth-order valence-electron chi connectivity index (χ4n) is 2.61. The molecule has 0 spiro atoms. The zero-order chi connectivity index (χ0) is 17.8. The highest BCUT2D eigenvalue weighted by molar-refractivity contribution is 5.94. The van der Waals surface area contributed by atoms with Gasteiger partial charge < -0.3 is 10.6 Å². The summed E-state index contributed by atoms with van der Waals surface area (Å²) in [5.41, 5.74) is 1.69. The van der Waals surface area contributed by atoms with E-state index in [1.165, 1.54) is 12.1 Å². The molecule has 0 unspecified atom stereocenters. The Labute approximate surface area is 144 Å². The van der Waals surface area contributed by atoms with Gasteiger partial charge in [0.15, 0.2) is 0 Å². The molecule has 0 saturated carbocycles. The normalized spacial score (nSPS) is 11.7. The Morgan fingerprint density at radius 1 is 1.00 bits per heavy atom. The fourth-order valence-corrected chi connectivity index (χ4v) is 2.61. The van der Waals surface area contributed by atoms with E-state index in [1.54, 1.807) is 24.3 Å². The summed E-state index contributed by atoms with van der Waals surface area (Å²) in [6.45, 7) is 1.91. The molecule has 0 aliphatic heterocycles. The van der Waals surface area contributed by atoms with Crippen LogP contribution in [0.2, 0.25) is 0 Å². The van der Waals surface area contributed by atoms with Crippen LogP contribution in [0.15, 0.2) is 66.7 Å². The van der Waals surface area contributed by atoms with E-state index in [-0.39, 0.29) is 17.8 Å². The van der Waals surface area contributed by atoms with Crippen LogP contribution in [0.4, 0.5) is 16.2 Å². The topological polar surface area (TPSA) is 84.3 Å². The molecule has 0 aliphatic carbocycles. The molecule has 3 aromatic carbocycles. The standard InChI is InChI=1S/C19H17N3O3/c1-13(14-5-3-2-4-6-14)20-19(23)21-17-9-7-16-12-18(22(24)25)10-8-15(16)11-17/h2-13H,1H3,(H2,20,21,23)/t13-/m1/s1. The SMILES string of the molecule is C[C@@H](NC(=O)Nc1ccc2cc([N+](=O)[O-])ccc2c1)c1ccccc1. The minimum absolute atomic E-state index is 0.0441. The minimum Gasteiger partial charge on any atom is -0.331 e. The van der Waals surface area contributed by atoms with Gasteiger partial charge in [0, 0.05) is 17.8 Å². The molecule has 126 valence electrons. The molecule has 0 radical (unpaired) electrons. The van der Waals surface area contributed by atoms with Gasteiger partial charge in [0.1, 0.15) is 0 Å². The van der Waals surface area contributed by atoms with Gasteiger partial charge in [-0.05, 0) is 41.5 Å². The molecule has 3 aromatic rings. The number of nitro benzene ring substituents is 1. The van der Waals surface area contributed by atoms with Crippen molar-refractivity contribution >= 4 is 28.2 Å². The van der Waals surface area contributed by atoms with Crippen LogP contribution in [0.5, 0.6) is 0 Å². The average Bonchev–Trinajstić information content (AvgIpc) is 2.61. The highest BCUT2D eigenvalue weighted by Crippen LogP contribution is 2.24. The number of urea groups is 1. The summed E-state index contributed by atoms with van der Waals surface area (Å²) in [5.74, 6) is 0. The molecular formula is C19H17N3O3. The van der Waals surface area contributed by atoms with Crippen molar-refractivity contribution in [2.45, 2.75) is 13.0 Å². The first-order valence-corrected chi connectivity index (χ1v) is 7.83. The molecule has 0 aromatic heterocycles. The quantitative estimate of drug-likeness (QED) is 0.538. The maximum absolute atomic E-state index is 12.2. The molecule has 1 atom stereocenters. The number of hydrogen-bond acceptors (Lipinski definition) is 3. The van der Waals surface area contributed by atoms with E-state index in [0.29, 0.717) is 5.69 Å². The Kier molecular flexibility index (Phi) is 4.61. The van der Waals surface area contributed by atoms with Gasteiger partial charge in [0.05, 0.1) is 11.0 Å². The Morgan fingerprint density at radius 3 is 2.40 bits per heavy atom. The molecular weight excluding hydrogens is 318 g/mol. The van der Waals surface area contributed by atoms with Crippen LogP contribution >= 0.6 is 0 Å². The number of benzene rings is 3. The summed E-state index contributed by atoms with van der Waals surface area (Å²) in [4.78, 5) is 22.6. The van der Waals surface area contributed by atoms with Crippen molar-refractivity contribution in [3.05, 3.63) is 82.4 Å². The third-order valence-electron chi connectivity index (χ3n) is 3.94. The number of carbonyl (C=O) groups is 1. The molecule has 0 heterocycles. The number of anilines is 1. The van der Waals surface area contributed by atoms with Crippen molar-refractivity contribution in [1.82, 2.24) is 5.32 Å². The third-order valence-corrected chi connectivity index (χ3v) is 3.94. The minimum atomic E-state index is -0.427. The zero-order valence-electron chi connectivity index (χ0n) is 13.6. The first-order valence-electron chi connectivity index (χ1n) is 7.83. The molecule has 0 fully saturated rings. The van der Waals surface area contributed by atoms with Gasteiger partial charge in [-0.1, -0.05) is 36.4 Å². The predicted octanol–water partition coefficient (Wildman–Crippen LogP) is 4.63. The van der Waals surface area contributed by atoms with Crippen LogP contribution in [-0.2, 0) is 0 Å². The molecule has 25 heavy (non-hydrogen) atoms. The van der Waals surface area contributed by atoms with Gasteiger partial charge in [-0.3, -0.25) is 10.1 Å². The number of nitro groups is 1. The number of nitrogens with one attached hydrogen (secondary N) is 2. The summed E-state index contributed by atoms with van der Waals surface area (Å²) in [6.07, 6.45) is 0. The summed E-state index contributed by atoms with van der Waals surface area (Å²) in [6, 6.07) is 19.1. The van der Waals surface area contributed by atoms with E-state index in [1.807, 2.05) is 37.3 Å². The van der Waals surface area contributed by atoms with Crippen molar-refractivity contribution < 1.29 is 9.72 Å². The summed E-state index contributed by atoms with van der Waals surface area (Å²) in [7, 11) is 0. The number of fused-ring (bicyclic) bond motifs is 1. The number of hydrogen-bond donors (Lipinski definition) is 2. The second-order valence-corrected chi connectivity index (χ2v) is 5.73. The second-order valence-electron chi connectivity index (χ2n) is 5.73. The smallest absolute Gasteiger partial charge is 0.319 e. The third kappa shape index (κ3) is 3.92. The van der Waals surface area contributed by atoms with Crippen LogP contribution in [0.25, 0.3) is 10.8 Å². The van der Waals surface area contributed by atoms with Gasteiger partial charge in [0.2, 0.25) is 0 Å². The van der Waals surface area contributed by atoms with Crippen molar-refractivity contribution in [1.29, 1.82) is 0 Å². The van der Waals surface area contributed by atoms with Crippen molar-refractivity contribution in [3.63, 3.8) is 0 Å². The van der Waals surface area contributed by atoms with Gasteiger partial charge >= 0.3 is 6.03 Å². The van der Waals surface area contributed by atoms with Gasteiger partial charge in [-0.2, -0.15) is 0 Å². The molecule has 0 bridgehead atoms. The number of carbonyl (C=O) groups excluding carboxylic acids is 1. The van der Waals surface area contributed by atoms with Crippen LogP contribution in [0.3, 0.4) is 0 Å². The Bertz CT molecular complexity index is 926. The summed E-state index contributed by atoms with van der Waals surface area (Å²) < 4.78 is 0. The zero-order valence-corrected chi connectivity index (χ0v) is 13.6. The largest absolute Gasteiger partial charge is 0.331 e. The number of non-ortho nitro benzene ring substituents is 1. The molecule has 2 amide bonds. The summed E-state index contributed by atoms with van der Waals surface area (Å²) >= 11 is 0. The summed E-state index contributed by atoms with van der Waals surface area (Å²) in [5, 5.41) is 18.0. The van der Waals surface area contributed by atoms with Crippen molar-refractivity contribution in [2.75, 3.05) is 5.32 Å². The Hall–Kier alpha value is -3.41. The highest BCUT2D eigenvalue weighted by atomic mass is 16.6. The van der Waals surface area contributed by atoms with E-state index in [2.05, 4.69) is 10.6 Å². The fraction of sp³-hybridized carbons (Fsp3) is 0.105. The van der Waals surface area contributed by atoms with Crippen LogP contribution < -0.4 is 10.6 Å². The van der Waals surface area contributed by atoms with E-state index in [0.717, 1.165) is 16.3 Å². The van der Waals surface area contributed by atoms with Gasteiger partial charge in [0.25, 0.3) is 5.69 Å². The van der Waals surface area contributed by atoms with E-state index in [9.17, 15) is 14.9 Å². The average molecular weight is 335 g/mol. The van der Waals surface area contributed by atoms with Crippen LogP contribution in [0.1, 0.15) is 18.5 Å². The lowest BCUT2D eigenvalue weighted by Crippen LogP contribution is -2.31. The van der Waals surface area contributed by atoms with E-state index in [4.69, 9.17) is 0 Å². The number of amides is 2. The maximum atomic E-state index is 12.2. The highest BCUT2D eigenvalue weighted by Gasteiger charge is 2.10. The van der Waals surface area contributed by atoms with Crippen LogP contribution in [-0.4, -0.2) is 11.0 Å². The van der Waals surface area contributed by atoms with E-state index >= 15 is 0 Å². The number of rotatable bonds is 4. The number of nitrogens with zero attached hydrogens (tertiary/aromatic N) is 1. The molecule has 0 saturated heterocycles. The molecule has 3 rings (SSSR count). The molecule has 0 aliphatic rings. The van der Waals surface area contributed by atoms with Crippen molar-refractivity contribution in [2.24, 2.45) is 0 Å². The Balaban J connectivity index is 1.71. The van der Waals surface area contributed by atoms with Gasteiger partial charge in [-0.15, -0.1) is 0 Å². The van der Waals surface area contributed by atoms with Crippen LogP contribution in [0, 0.1) is 10.1 Å². The lowest BCUT2D eigenvalue weighted by Gasteiger charge is -2.15. The molecule has 6 nitrogen and oxygen atoms in total. The molecule has 2 N–H and O–H groups in total. The van der Waals surface area contributed by atoms with Gasteiger partial charge in [-0.25, -0.2) is 4.79 Å². The first kappa shape index (κ1) is 16.4. The lowest BCUT2D eigenvalue weighted by molar-refractivity contribution is -0.384. The Morgan fingerprint density at radius 2 is 1.68 bits per heavy atom. The monoisotopic (exact) mass is 335 g/mol. The second kappa shape index (κ2) is 7.00.